The van der Waals surface area contributed by atoms with E-state index in [1.54, 1.807) is 51.7 Å². The third-order valence-electron chi connectivity index (χ3n) is 6.15. The first-order valence-corrected chi connectivity index (χ1v) is 12.6. The van der Waals surface area contributed by atoms with E-state index >= 15 is 0 Å². The highest BCUT2D eigenvalue weighted by molar-refractivity contribution is 7.89. The molecule has 0 saturated carbocycles. The molecule has 0 aromatic heterocycles. The Morgan fingerprint density at radius 1 is 0.912 bits per heavy atom. The third-order valence-corrected chi connectivity index (χ3v) is 7.59. The van der Waals surface area contributed by atoms with Crippen LogP contribution in [0.4, 0.5) is 0 Å². The third kappa shape index (κ3) is 5.19. The van der Waals surface area contributed by atoms with Gasteiger partial charge < -0.3 is 14.2 Å². The van der Waals surface area contributed by atoms with Crippen LogP contribution in [0.1, 0.15) is 22.7 Å². The Hall–Kier alpha value is -3.07. The molecular formula is C26H30N2O5S. The molecule has 180 valence electrons. The summed E-state index contributed by atoms with van der Waals surface area (Å²) in [5, 5.41) is 0. The number of methoxy groups -OCH3 is 3. The number of rotatable bonds is 9. The second-order valence-corrected chi connectivity index (χ2v) is 9.93. The number of nitrogens with zero attached hydrogens (tertiary/aromatic N) is 1. The summed E-state index contributed by atoms with van der Waals surface area (Å²) in [6.07, 6.45) is 0.821. The predicted octanol–water partition coefficient (Wildman–Crippen LogP) is 3.79. The largest absolute Gasteiger partial charge is 0.497 e. The summed E-state index contributed by atoms with van der Waals surface area (Å²) in [7, 11) is 1.22. The van der Waals surface area contributed by atoms with Gasteiger partial charge in [-0.1, -0.05) is 30.3 Å². The Morgan fingerprint density at radius 2 is 1.65 bits per heavy atom. The number of ether oxygens (including phenoxy) is 3. The zero-order chi connectivity index (χ0) is 24.1. The molecule has 0 spiro atoms. The molecule has 0 fully saturated rings. The minimum Gasteiger partial charge on any atom is -0.497 e. The number of benzene rings is 3. The van der Waals surface area contributed by atoms with Crippen molar-refractivity contribution in [3.05, 3.63) is 83.4 Å². The molecular weight excluding hydrogens is 452 g/mol. The van der Waals surface area contributed by atoms with E-state index < -0.39 is 10.0 Å². The van der Waals surface area contributed by atoms with Crippen LogP contribution in [-0.2, 0) is 23.0 Å². The lowest BCUT2D eigenvalue weighted by molar-refractivity contribution is 0.176. The smallest absolute Gasteiger partial charge is 0.240 e. The maximum absolute atomic E-state index is 13.0. The average molecular weight is 483 g/mol. The highest BCUT2D eigenvalue weighted by Gasteiger charge is 2.30. The zero-order valence-electron chi connectivity index (χ0n) is 19.7. The normalized spacial score (nSPS) is 16.0. The maximum atomic E-state index is 13.0. The predicted molar refractivity (Wildman–Crippen MR) is 131 cm³/mol. The molecule has 3 aromatic carbocycles. The summed E-state index contributed by atoms with van der Waals surface area (Å²) < 4.78 is 45.2. The molecule has 0 aliphatic carbocycles. The minimum absolute atomic E-state index is 0.187. The average Bonchev–Trinajstić information content (AvgIpc) is 2.87. The van der Waals surface area contributed by atoms with Crippen LogP contribution in [0.3, 0.4) is 0 Å². The number of sulfonamides is 1. The van der Waals surface area contributed by atoms with Gasteiger partial charge in [0.15, 0.2) is 11.5 Å². The van der Waals surface area contributed by atoms with Crippen LogP contribution >= 0.6 is 0 Å². The van der Waals surface area contributed by atoms with Gasteiger partial charge in [-0.3, -0.25) is 4.90 Å². The summed E-state index contributed by atoms with van der Waals surface area (Å²) in [6.45, 7) is 1.66. The monoisotopic (exact) mass is 482 g/mol. The number of nitrogens with one attached hydrogen (secondary N) is 1. The summed E-state index contributed by atoms with van der Waals surface area (Å²) in [5.41, 5.74) is 3.25. The lowest BCUT2D eigenvalue weighted by Gasteiger charge is -2.38. The maximum Gasteiger partial charge on any atom is 0.240 e. The lowest BCUT2D eigenvalue weighted by Crippen LogP contribution is -2.41. The van der Waals surface area contributed by atoms with Gasteiger partial charge in [-0.2, -0.15) is 0 Å². The van der Waals surface area contributed by atoms with Crippen molar-refractivity contribution in [2.75, 3.05) is 34.4 Å². The van der Waals surface area contributed by atoms with Gasteiger partial charge in [-0.25, -0.2) is 13.1 Å². The quantitative estimate of drug-likeness (QED) is 0.500. The SMILES string of the molecule is COc1cccc(CN2CCc3cc(OC)c(OC)cc3[C@@H]2CNS(=O)(=O)c2ccccc2)c1. The van der Waals surface area contributed by atoms with Crippen LogP contribution in [0.15, 0.2) is 71.6 Å². The molecule has 7 nitrogen and oxygen atoms in total. The van der Waals surface area contributed by atoms with Crippen molar-refractivity contribution >= 4 is 10.0 Å². The lowest BCUT2D eigenvalue weighted by atomic mass is 9.91. The fourth-order valence-electron chi connectivity index (χ4n) is 4.39. The van der Waals surface area contributed by atoms with Crippen molar-refractivity contribution in [1.29, 1.82) is 0 Å². The molecule has 1 atom stereocenters. The van der Waals surface area contributed by atoms with Crippen LogP contribution in [0.5, 0.6) is 17.2 Å². The van der Waals surface area contributed by atoms with E-state index in [2.05, 4.69) is 15.7 Å². The van der Waals surface area contributed by atoms with Gasteiger partial charge in [0.25, 0.3) is 0 Å². The standard InChI is InChI=1S/C26H30N2O5S/c1-31-21-9-7-8-19(14-21)18-28-13-12-20-15-25(32-2)26(33-3)16-23(20)24(28)17-27-34(29,30)22-10-5-4-6-11-22/h4-11,14-16,24,27H,12-13,17-18H2,1-3H3/t24-/m0/s1. The Balaban J connectivity index is 1.67. The van der Waals surface area contributed by atoms with E-state index in [0.29, 0.717) is 18.0 Å². The van der Waals surface area contributed by atoms with Crippen molar-refractivity contribution < 1.29 is 22.6 Å². The van der Waals surface area contributed by atoms with E-state index in [1.165, 1.54) is 0 Å². The molecule has 0 radical (unpaired) electrons. The molecule has 0 unspecified atom stereocenters. The highest BCUT2D eigenvalue weighted by atomic mass is 32.2. The Bertz CT molecular complexity index is 1230. The van der Waals surface area contributed by atoms with Crippen molar-refractivity contribution in [2.24, 2.45) is 0 Å². The molecule has 0 saturated heterocycles. The molecule has 1 heterocycles. The van der Waals surface area contributed by atoms with E-state index in [1.807, 2.05) is 30.3 Å². The van der Waals surface area contributed by atoms with Crippen LogP contribution in [0, 0.1) is 0 Å². The topological polar surface area (TPSA) is 77.1 Å². The first-order chi connectivity index (χ1) is 16.4. The molecule has 8 heteroatoms. The first-order valence-electron chi connectivity index (χ1n) is 11.1. The van der Waals surface area contributed by atoms with Crippen LogP contribution in [0.25, 0.3) is 0 Å². The van der Waals surface area contributed by atoms with Gasteiger partial charge in [0.1, 0.15) is 5.75 Å². The van der Waals surface area contributed by atoms with E-state index in [4.69, 9.17) is 14.2 Å². The summed E-state index contributed by atoms with van der Waals surface area (Å²) in [6, 6.07) is 20.1. The van der Waals surface area contributed by atoms with Crippen molar-refractivity contribution in [3.63, 3.8) is 0 Å². The summed E-state index contributed by atoms with van der Waals surface area (Å²) in [4.78, 5) is 2.54. The Labute approximate surface area is 201 Å². The molecule has 1 aliphatic rings. The molecule has 0 amide bonds. The van der Waals surface area contributed by atoms with Gasteiger partial charge in [-0.05, 0) is 59.5 Å². The molecule has 34 heavy (non-hydrogen) atoms. The van der Waals surface area contributed by atoms with Crippen molar-refractivity contribution in [3.8, 4) is 17.2 Å². The van der Waals surface area contributed by atoms with Crippen LogP contribution in [-0.4, -0.2) is 47.7 Å². The van der Waals surface area contributed by atoms with Crippen LogP contribution in [0.2, 0.25) is 0 Å². The van der Waals surface area contributed by atoms with Gasteiger partial charge in [0, 0.05) is 25.7 Å². The highest BCUT2D eigenvalue weighted by Crippen LogP contribution is 2.38. The van der Waals surface area contributed by atoms with Crippen molar-refractivity contribution in [1.82, 2.24) is 9.62 Å². The fourth-order valence-corrected chi connectivity index (χ4v) is 5.44. The van der Waals surface area contributed by atoms with E-state index in [-0.39, 0.29) is 17.5 Å². The number of hydrogen-bond donors (Lipinski definition) is 1. The fraction of sp³-hybridized carbons (Fsp3) is 0.308. The molecule has 3 aromatic rings. The molecule has 1 aliphatic heterocycles. The summed E-state index contributed by atoms with van der Waals surface area (Å²) >= 11 is 0. The Morgan fingerprint density at radius 3 is 2.35 bits per heavy atom. The second-order valence-electron chi connectivity index (χ2n) is 8.16. The first kappa shape index (κ1) is 24.1. The zero-order valence-corrected chi connectivity index (χ0v) is 20.5. The number of fused-ring (bicyclic) bond motifs is 1. The van der Waals surface area contributed by atoms with E-state index in [0.717, 1.165) is 35.4 Å². The van der Waals surface area contributed by atoms with Gasteiger partial charge in [0.2, 0.25) is 10.0 Å². The van der Waals surface area contributed by atoms with E-state index in [9.17, 15) is 8.42 Å². The number of hydrogen-bond acceptors (Lipinski definition) is 6. The molecule has 0 bridgehead atoms. The minimum atomic E-state index is -3.65. The van der Waals surface area contributed by atoms with Gasteiger partial charge in [-0.15, -0.1) is 0 Å². The second kappa shape index (κ2) is 10.5. The van der Waals surface area contributed by atoms with Gasteiger partial charge in [0.05, 0.1) is 26.2 Å². The molecule has 4 rings (SSSR count). The van der Waals surface area contributed by atoms with Gasteiger partial charge >= 0.3 is 0 Å². The molecule has 1 N–H and O–H groups in total. The Kier molecular flexibility index (Phi) is 7.41. The summed E-state index contributed by atoms with van der Waals surface area (Å²) in [5.74, 6) is 2.09. The van der Waals surface area contributed by atoms with Crippen molar-refractivity contribution in [2.45, 2.75) is 23.9 Å². The van der Waals surface area contributed by atoms with Crippen LogP contribution < -0.4 is 18.9 Å².